The van der Waals surface area contributed by atoms with E-state index in [2.05, 4.69) is 20.8 Å². The zero-order valence-electron chi connectivity index (χ0n) is 10.6. The second kappa shape index (κ2) is 8.72. The molecule has 1 amide bonds. The Morgan fingerprint density at radius 1 is 1.47 bits per heavy atom. The average Bonchev–Trinajstić information content (AvgIpc) is 2.65. The van der Waals surface area contributed by atoms with Gasteiger partial charge >= 0.3 is 0 Å². The first-order valence-corrected chi connectivity index (χ1v) is 5.95. The monoisotopic (exact) mass is 215 g/mol. The Kier molecular flexibility index (Phi) is 8.38. The Bertz CT molecular complexity index is 169. The zero-order chi connectivity index (χ0) is 11.7. The third-order valence-electron chi connectivity index (χ3n) is 2.64. The highest BCUT2D eigenvalue weighted by Crippen LogP contribution is 2.14. The molecule has 3 heteroatoms. The zero-order valence-corrected chi connectivity index (χ0v) is 10.6. The van der Waals surface area contributed by atoms with Crippen LogP contribution in [-0.4, -0.2) is 37.1 Å². The van der Waals surface area contributed by atoms with Crippen LogP contribution in [0.3, 0.4) is 0 Å². The Morgan fingerprint density at radius 3 is 2.40 bits per heavy atom. The maximum absolute atomic E-state index is 11.1. The molecule has 0 aliphatic carbocycles. The molecule has 0 spiro atoms. The number of likely N-dealkylation sites (tertiary alicyclic amines) is 1. The van der Waals surface area contributed by atoms with Gasteiger partial charge in [-0.2, -0.15) is 0 Å². The predicted molar refractivity (Wildman–Crippen MR) is 62.9 cm³/mol. The van der Waals surface area contributed by atoms with Gasteiger partial charge in [-0.25, -0.2) is 0 Å². The molecule has 90 valence electrons. The van der Waals surface area contributed by atoms with Crippen LogP contribution in [0.15, 0.2) is 0 Å². The first kappa shape index (κ1) is 14.4. The molecular weight excluding hydrogens is 190 g/mol. The van der Waals surface area contributed by atoms with Crippen molar-refractivity contribution in [2.75, 3.05) is 20.3 Å². The summed E-state index contributed by atoms with van der Waals surface area (Å²) in [5.74, 6) is 0.342. The maximum Gasteiger partial charge on any atom is 0.222 e. The molecule has 0 radical (unpaired) electrons. The van der Waals surface area contributed by atoms with Gasteiger partial charge in [0.1, 0.15) is 0 Å². The van der Waals surface area contributed by atoms with Gasteiger partial charge in [-0.15, -0.1) is 0 Å². The molecule has 0 saturated carbocycles. The summed E-state index contributed by atoms with van der Waals surface area (Å²) in [4.78, 5) is 13.1. The van der Waals surface area contributed by atoms with Crippen molar-refractivity contribution in [1.82, 2.24) is 4.90 Å². The van der Waals surface area contributed by atoms with Crippen molar-refractivity contribution in [3.8, 4) is 0 Å². The molecule has 1 atom stereocenters. The lowest BCUT2D eigenvalue weighted by molar-refractivity contribution is -0.129. The summed E-state index contributed by atoms with van der Waals surface area (Å²) in [5, 5.41) is 0. The van der Waals surface area contributed by atoms with E-state index in [-0.39, 0.29) is 0 Å². The van der Waals surface area contributed by atoms with Gasteiger partial charge in [-0.05, 0) is 26.2 Å². The van der Waals surface area contributed by atoms with E-state index < -0.39 is 0 Å². The third-order valence-corrected chi connectivity index (χ3v) is 2.64. The molecule has 1 aliphatic rings. The summed E-state index contributed by atoms with van der Waals surface area (Å²) < 4.78 is 4.69. The number of methoxy groups -OCH3 is 1. The van der Waals surface area contributed by atoms with Crippen LogP contribution in [0.2, 0.25) is 0 Å². The minimum atomic E-state index is 0.342. The van der Waals surface area contributed by atoms with Crippen molar-refractivity contribution in [2.45, 2.75) is 52.5 Å². The average molecular weight is 215 g/mol. The number of carbonyl (C=O) groups is 1. The molecule has 1 unspecified atom stereocenters. The third kappa shape index (κ3) is 5.78. The van der Waals surface area contributed by atoms with Gasteiger partial charge < -0.3 is 9.64 Å². The summed E-state index contributed by atoms with van der Waals surface area (Å²) in [5.41, 5.74) is 0. The van der Waals surface area contributed by atoms with Crippen LogP contribution in [0.5, 0.6) is 0 Å². The van der Waals surface area contributed by atoms with Gasteiger partial charge in [0.05, 0.1) is 0 Å². The molecule has 1 saturated heterocycles. The summed E-state index contributed by atoms with van der Waals surface area (Å²) in [6.07, 6.45) is 4.02. The van der Waals surface area contributed by atoms with E-state index in [0.717, 1.165) is 38.8 Å². The van der Waals surface area contributed by atoms with E-state index in [1.54, 1.807) is 7.11 Å². The number of ether oxygens (including phenoxy) is 1. The molecule has 1 heterocycles. The summed E-state index contributed by atoms with van der Waals surface area (Å²) in [7, 11) is 1.71. The van der Waals surface area contributed by atoms with E-state index in [1.165, 1.54) is 0 Å². The van der Waals surface area contributed by atoms with Gasteiger partial charge in [-0.1, -0.05) is 13.8 Å². The van der Waals surface area contributed by atoms with Crippen LogP contribution in [0, 0.1) is 0 Å². The highest BCUT2D eigenvalue weighted by molar-refractivity contribution is 5.78. The van der Waals surface area contributed by atoms with Gasteiger partial charge in [0.25, 0.3) is 0 Å². The lowest BCUT2D eigenvalue weighted by Gasteiger charge is -2.22. The van der Waals surface area contributed by atoms with Crippen LogP contribution in [0.4, 0.5) is 0 Å². The summed E-state index contributed by atoms with van der Waals surface area (Å²) in [6, 6.07) is 0.454. The number of hydrogen-bond donors (Lipinski definition) is 0. The highest BCUT2D eigenvalue weighted by atomic mass is 16.5. The van der Waals surface area contributed by atoms with E-state index in [0.29, 0.717) is 11.9 Å². The summed E-state index contributed by atoms with van der Waals surface area (Å²) in [6.45, 7) is 8.19. The standard InChI is InChI=1S/C8H15NO.C4H10O/c1-3-7(2)9-6-4-5-8(9)10;1-3-4-5-2/h7H,3-6H2,1-2H3;3-4H2,1-2H3. The topological polar surface area (TPSA) is 29.5 Å². The smallest absolute Gasteiger partial charge is 0.222 e. The molecule has 0 N–H and O–H groups in total. The van der Waals surface area contributed by atoms with Crippen molar-refractivity contribution in [2.24, 2.45) is 0 Å². The molecule has 1 rings (SSSR count). The Balaban J connectivity index is 0.000000336. The van der Waals surface area contributed by atoms with Gasteiger partial charge in [0.2, 0.25) is 5.91 Å². The number of nitrogens with zero attached hydrogens (tertiary/aromatic N) is 1. The van der Waals surface area contributed by atoms with Gasteiger partial charge in [0, 0.05) is 32.7 Å². The molecule has 1 aliphatic heterocycles. The largest absolute Gasteiger partial charge is 0.385 e. The Morgan fingerprint density at radius 2 is 2.13 bits per heavy atom. The van der Waals surface area contributed by atoms with E-state index in [4.69, 9.17) is 4.74 Å². The molecule has 0 bridgehead atoms. The molecule has 15 heavy (non-hydrogen) atoms. The lowest BCUT2D eigenvalue weighted by Crippen LogP contribution is -2.33. The van der Waals surface area contributed by atoms with Crippen molar-refractivity contribution < 1.29 is 9.53 Å². The van der Waals surface area contributed by atoms with Gasteiger partial charge in [-0.3, -0.25) is 4.79 Å². The van der Waals surface area contributed by atoms with Crippen molar-refractivity contribution >= 4 is 5.91 Å². The predicted octanol–water partition coefficient (Wildman–Crippen LogP) is 2.45. The van der Waals surface area contributed by atoms with Crippen molar-refractivity contribution in [3.63, 3.8) is 0 Å². The fourth-order valence-corrected chi connectivity index (χ4v) is 1.56. The normalized spacial score (nSPS) is 17.3. The number of amides is 1. The first-order chi connectivity index (χ1) is 7.17. The molecule has 0 aromatic rings. The molecule has 0 aromatic heterocycles. The Hall–Kier alpha value is -0.570. The van der Waals surface area contributed by atoms with Crippen LogP contribution < -0.4 is 0 Å². The van der Waals surface area contributed by atoms with E-state index in [1.807, 2.05) is 4.90 Å². The number of hydrogen-bond acceptors (Lipinski definition) is 2. The van der Waals surface area contributed by atoms with E-state index >= 15 is 0 Å². The fourth-order valence-electron chi connectivity index (χ4n) is 1.56. The molecular formula is C12H25NO2. The SMILES string of the molecule is CCC(C)N1CCCC1=O.CCCOC. The minimum absolute atomic E-state index is 0.342. The van der Waals surface area contributed by atoms with Crippen LogP contribution in [0.1, 0.15) is 46.5 Å². The van der Waals surface area contributed by atoms with Crippen LogP contribution in [-0.2, 0) is 9.53 Å². The second-order valence-electron chi connectivity index (χ2n) is 3.94. The van der Waals surface area contributed by atoms with Crippen LogP contribution >= 0.6 is 0 Å². The number of carbonyl (C=O) groups excluding carboxylic acids is 1. The fraction of sp³-hybridized carbons (Fsp3) is 0.917. The van der Waals surface area contributed by atoms with Crippen molar-refractivity contribution in [1.29, 1.82) is 0 Å². The van der Waals surface area contributed by atoms with Crippen LogP contribution in [0.25, 0.3) is 0 Å². The second-order valence-corrected chi connectivity index (χ2v) is 3.94. The number of rotatable bonds is 4. The highest BCUT2D eigenvalue weighted by Gasteiger charge is 2.23. The quantitative estimate of drug-likeness (QED) is 0.721. The maximum atomic E-state index is 11.1. The Labute approximate surface area is 93.8 Å². The lowest BCUT2D eigenvalue weighted by atomic mass is 10.2. The van der Waals surface area contributed by atoms with Crippen molar-refractivity contribution in [3.05, 3.63) is 0 Å². The van der Waals surface area contributed by atoms with E-state index in [9.17, 15) is 4.79 Å². The first-order valence-electron chi connectivity index (χ1n) is 5.95. The minimum Gasteiger partial charge on any atom is -0.385 e. The molecule has 1 fully saturated rings. The summed E-state index contributed by atoms with van der Waals surface area (Å²) >= 11 is 0. The molecule has 3 nitrogen and oxygen atoms in total. The molecule has 0 aromatic carbocycles. The van der Waals surface area contributed by atoms with Gasteiger partial charge in [0.15, 0.2) is 0 Å².